The lowest BCUT2D eigenvalue weighted by Gasteiger charge is -2.41. The number of carbonyl (C=O) groups is 2. The number of benzene rings is 2. The number of anilines is 1. The first-order chi connectivity index (χ1) is 13.8. The van der Waals surface area contributed by atoms with Crippen LogP contribution in [0.5, 0.6) is 0 Å². The zero-order valence-electron chi connectivity index (χ0n) is 16.5. The van der Waals surface area contributed by atoms with Gasteiger partial charge in [0.2, 0.25) is 11.8 Å². The van der Waals surface area contributed by atoms with Gasteiger partial charge in [-0.15, -0.1) is 0 Å². The second-order valence-electron chi connectivity index (χ2n) is 8.46. The van der Waals surface area contributed by atoms with Crippen molar-refractivity contribution < 1.29 is 9.59 Å². The first-order valence-electron chi connectivity index (χ1n) is 9.96. The lowest BCUT2D eigenvalue weighted by molar-refractivity contribution is -0.124. The molecular weight excluding hydrogens is 407 g/mol. The van der Waals surface area contributed by atoms with E-state index >= 15 is 0 Å². The molecule has 2 aliphatic rings. The van der Waals surface area contributed by atoms with Crippen molar-refractivity contribution in [1.82, 2.24) is 5.32 Å². The summed E-state index contributed by atoms with van der Waals surface area (Å²) < 4.78 is 0. The Labute approximate surface area is 181 Å². The van der Waals surface area contributed by atoms with Crippen LogP contribution in [-0.2, 0) is 15.0 Å². The van der Waals surface area contributed by atoms with Gasteiger partial charge in [0.05, 0.1) is 5.41 Å². The van der Waals surface area contributed by atoms with Crippen molar-refractivity contribution in [3.05, 3.63) is 63.6 Å². The minimum Gasteiger partial charge on any atom is -0.356 e. The zero-order chi connectivity index (χ0) is 20.8. The van der Waals surface area contributed by atoms with Crippen LogP contribution in [0.15, 0.2) is 42.5 Å². The lowest BCUT2D eigenvalue weighted by Crippen LogP contribution is -2.48. The first-order valence-corrected chi connectivity index (χ1v) is 10.7. The van der Waals surface area contributed by atoms with Crippen LogP contribution in [0.2, 0.25) is 10.0 Å². The average Bonchev–Trinajstić information content (AvgIpc) is 2.85. The Morgan fingerprint density at radius 1 is 1.10 bits per heavy atom. The summed E-state index contributed by atoms with van der Waals surface area (Å²) in [6.07, 6.45) is 1.04. The summed E-state index contributed by atoms with van der Waals surface area (Å²) in [5.41, 5.74) is 1.69. The van der Waals surface area contributed by atoms with Crippen molar-refractivity contribution in [2.24, 2.45) is 11.8 Å². The molecule has 0 aliphatic carbocycles. The van der Waals surface area contributed by atoms with E-state index in [1.807, 2.05) is 36.4 Å². The Kier molecular flexibility index (Phi) is 5.34. The molecule has 0 radical (unpaired) electrons. The van der Waals surface area contributed by atoms with E-state index in [-0.39, 0.29) is 30.1 Å². The van der Waals surface area contributed by atoms with Crippen LogP contribution in [0.4, 0.5) is 5.69 Å². The smallest absolute Gasteiger partial charge is 0.236 e. The first kappa shape index (κ1) is 20.2. The maximum absolute atomic E-state index is 13.7. The van der Waals surface area contributed by atoms with Gasteiger partial charge < -0.3 is 10.6 Å². The normalized spacial score (nSPS) is 26.2. The zero-order valence-corrected chi connectivity index (χ0v) is 18.0. The number of hydrogen-bond donors (Lipinski definition) is 2. The number of halogens is 2. The maximum atomic E-state index is 13.7. The molecule has 4 nitrogen and oxygen atoms in total. The standard InChI is InChI=1S/C23H24Cl2N2O2/c1-13(2)8-15-12-26-21(28)11-19(14-4-3-5-16(24)9-14)23(15)18-7-6-17(25)10-20(18)27-22(23)29/h3-7,9-10,13,15,19H,8,11-12H2,1-2H3,(H,26,28)(H,27,29)/t15?,19-,23?/m1/s1. The van der Waals surface area contributed by atoms with Crippen LogP contribution in [0.1, 0.15) is 43.7 Å². The number of rotatable bonds is 3. The summed E-state index contributed by atoms with van der Waals surface area (Å²) in [6.45, 7) is 4.75. The van der Waals surface area contributed by atoms with Gasteiger partial charge in [-0.25, -0.2) is 0 Å². The molecule has 1 fully saturated rings. The highest BCUT2D eigenvalue weighted by molar-refractivity contribution is 6.31. The van der Waals surface area contributed by atoms with E-state index in [9.17, 15) is 9.59 Å². The molecule has 152 valence electrons. The Bertz CT molecular complexity index is 975. The summed E-state index contributed by atoms with van der Waals surface area (Å²) in [6, 6.07) is 13.1. The molecule has 2 aliphatic heterocycles. The van der Waals surface area contributed by atoms with Crippen molar-refractivity contribution in [3.63, 3.8) is 0 Å². The monoisotopic (exact) mass is 430 g/mol. The molecule has 0 aromatic heterocycles. The van der Waals surface area contributed by atoms with E-state index in [4.69, 9.17) is 23.2 Å². The minimum absolute atomic E-state index is 0.0455. The Hall–Kier alpha value is -2.04. The van der Waals surface area contributed by atoms with Gasteiger partial charge in [-0.05, 0) is 53.6 Å². The van der Waals surface area contributed by atoms with Gasteiger partial charge in [0.25, 0.3) is 0 Å². The highest BCUT2D eigenvalue weighted by Gasteiger charge is 2.58. The van der Waals surface area contributed by atoms with E-state index in [0.29, 0.717) is 22.5 Å². The van der Waals surface area contributed by atoms with Crippen molar-refractivity contribution >= 4 is 40.7 Å². The summed E-state index contributed by atoms with van der Waals surface area (Å²) in [5, 5.41) is 7.28. The molecule has 4 rings (SSSR count). The van der Waals surface area contributed by atoms with E-state index in [1.165, 1.54) is 0 Å². The van der Waals surface area contributed by atoms with Crippen LogP contribution in [-0.4, -0.2) is 18.4 Å². The summed E-state index contributed by atoms with van der Waals surface area (Å²) >= 11 is 12.5. The highest BCUT2D eigenvalue weighted by Crippen LogP contribution is 2.55. The number of amides is 2. The summed E-state index contributed by atoms with van der Waals surface area (Å²) in [4.78, 5) is 26.4. The van der Waals surface area contributed by atoms with Crippen LogP contribution in [0.25, 0.3) is 0 Å². The molecule has 6 heteroatoms. The minimum atomic E-state index is -0.867. The number of hydrogen-bond acceptors (Lipinski definition) is 2. The van der Waals surface area contributed by atoms with E-state index in [2.05, 4.69) is 24.5 Å². The van der Waals surface area contributed by atoms with Gasteiger partial charge in [-0.2, -0.15) is 0 Å². The fraction of sp³-hybridized carbons (Fsp3) is 0.391. The molecule has 2 N–H and O–H groups in total. The van der Waals surface area contributed by atoms with E-state index in [0.717, 1.165) is 23.2 Å². The highest BCUT2D eigenvalue weighted by atomic mass is 35.5. The largest absolute Gasteiger partial charge is 0.356 e. The van der Waals surface area contributed by atoms with Gasteiger partial charge in [0, 0.05) is 34.6 Å². The third-order valence-corrected chi connectivity index (χ3v) is 6.66. The van der Waals surface area contributed by atoms with Gasteiger partial charge in [-0.3, -0.25) is 9.59 Å². The lowest BCUT2D eigenvalue weighted by atomic mass is 9.59. The van der Waals surface area contributed by atoms with Crippen LogP contribution < -0.4 is 10.6 Å². The predicted octanol–water partition coefficient (Wildman–Crippen LogP) is 5.15. The molecule has 2 unspecified atom stereocenters. The number of fused-ring (bicyclic) bond motifs is 2. The van der Waals surface area contributed by atoms with E-state index in [1.54, 1.807) is 6.07 Å². The van der Waals surface area contributed by atoms with Crippen molar-refractivity contribution in [1.29, 1.82) is 0 Å². The molecule has 2 amide bonds. The Morgan fingerprint density at radius 2 is 1.86 bits per heavy atom. The van der Waals surface area contributed by atoms with Crippen molar-refractivity contribution in [2.75, 3.05) is 11.9 Å². The molecule has 0 bridgehead atoms. The van der Waals surface area contributed by atoms with Crippen molar-refractivity contribution in [2.45, 2.75) is 38.0 Å². The quantitative estimate of drug-likeness (QED) is 0.706. The van der Waals surface area contributed by atoms with Gasteiger partial charge >= 0.3 is 0 Å². The molecule has 29 heavy (non-hydrogen) atoms. The second kappa shape index (κ2) is 7.66. The molecule has 3 atom stereocenters. The third kappa shape index (κ3) is 3.43. The van der Waals surface area contributed by atoms with Gasteiger partial charge in [0.1, 0.15) is 0 Å². The van der Waals surface area contributed by atoms with Crippen LogP contribution >= 0.6 is 23.2 Å². The Morgan fingerprint density at radius 3 is 2.59 bits per heavy atom. The maximum Gasteiger partial charge on any atom is 0.236 e. The molecule has 1 saturated heterocycles. The van der Waals surface area contributed by atoms with Gasteiger partial charge in [0.15, 0.2) is 0 Å². The Balaban J connectivity index is 1.99. The molecule has 2 heterocycles. The van der Waals surface area contributed by atoms with Crippen LogP contribution in [0.3, 0.4) is 0 Å². The van der Waals surface area contributed by atoms with Gasteiger partial charge in [-0.1, -0.05) is 55.2 Å². The topological polar surface area (TPSA) is 58.2 Å². The fourth-order valence-electron chi connectivity index (χ4n) is 5.12. The summed E-state index contributed by atoms with van der Waals surface area (Å²) in [5.74, 6) is -0.121. The molecule has 0 saturated carbocycles. The van der Waals surface area contributed by atoms with Crippen molar-refractivity contribution in [3.8, 4) is 0 Å². The molecule has 1 spiro atoms. The fourth-order valence-corrected chi connectivity index (χ4v) is 5.49. The number of carbonyl (C=O) groups excluding carboxylic acids is 2. The van der Waals surface area contributed by atoms with E-state index < -0.39 is 5.41 Å². The summed E-state index contributed by atoms with van der Waals surface area (Å²) in [7, 11) is 0. The second-order valence-corrected chi connectivity index (χ2v) is 9.33. The molecule has 2 aromatic rings. The molecular formula is C23H24Cl2N2O2. The molecule has 2 aromatic carbocycles. The third-order valence-electron chi connectivity index (χ3n) is 6.19. The number of nitrogens with one attached hydrogen (secondary N) is 2. The SMILES string of the molecule is CC(C)CC1CNC(=O)C[C@H](c2cccc(Cl)c2)C12C(=O)Nc1cc(Cl)ccc12. The predicted molar refractivity (Wildman–Crippen MR) is 117 cm³/mol. The van der Waals surface area contributed by atoms with Crippen LogP contribution in [0, 0.1) is 11.8 Å². The average molecular weight is 431 g/mol.